The Labute approximate surface area is 229 Å². The van der Waals surface area contributed by atoms with Gasteiger partial charge in [0, 0.05) is 6.42 Å². The van der Waals surface area contributed by atoms with Crippen LogP contribution in [0, 0.1) is 18.4 Å². The molecule has 0 spiro atoms. The summed E-state index contributed by atoms with van der Waals surface area (Å²) in [4.78, 5) is 24.0. The summed E-state index contributed by atoms with van der Waals surface area (Å²) in [5.41, 5.74) is 2.56. The Morgan fingerprint density at radius 3 is 2.75 bits per heavy atom. The molecule has 2 aromatic heterocycles. The normalized spacial score (nSPS) is 22.6. The Balaban J connectivity index is 1.60. The van der Waals surface area contributed by atoms with E-state index in [2.05, 4.69) is 26.0 Å². The predicted octanol–water partition coefficient (Wildman–Crippen LogP) is 2.72. The first-order valence-corrected chi connectivity index (χ1v) is 13.8. The van der Waals surface area contributed by atoms with E-state index in [9.17, 15) is 18.9 Å². The molecule has 0 saturated carbocycles. The number of carbonyl (C=O) groups excluding carboxylic acids is 1. The molecule has 1 saturated heterocycles. The standard InChI is InChI=1S/C25H30FN6O7P/c1-6-25(17(33)12-18(38-25)32-14-28-19-20(27)29-23(26)30-21(19)32)13-36-40(35,39-16-10-8-7-9-11-16)31-24(4,5)22(34)37-15(2)3/h1,7-11,14-15,17-18,33H,12-13H2,2-5H3,(H,31,35)(H2,27,29,30)/t17-,18+,25+,40+/m0/s1. The van der Waals surface area contributed by atoms with Crippen LogP contribution in [0.15, 0.2) is 36.7 Å². The first-order valence-electron chi connectivity index (χ1n) is 12.3. The van der Waals surface area contributed by atoms with Gasteiger partial charge in [-0.15, -0.1) is 6.42 Å². The summed E-state index contributed by atoms with van der Waals surface area (Å²) in [6.45, 7) is 5.63. The van der Waals surface area contributed by atoms with Crippen LogP contribution in [0.5, 0.6) is 5.75 Å². The highest BCUT2D eigenvalue weighted by atomic mass is 31.2. The zero-order valence-electron chi connectivity index (χ0n) is 22.3. The number of halogens is 1. The first kappa shape index (κ1) is 29.4. The number of anilines is 1. The fourth-order valence-electron chi connectivity index (χ4n) is 3.98. The number of nitrogens with one attached hydrogen (secondary N) is 1. The van der Waals surface area contributed by atoms with E-state index in [1.807, 2.05) is 0 Å². The van der Waals surface area contributed by atoms with Gasteiger partial charge < -0.3 is 24.8 Å². The van der Waals surface area contributed by atoms with E-state index in [0.29, 0.717) is 0 Å². The van der Waals surface area contributed by atoms with E-state index < -0.39 is 56.0 Å². The maximum atomic E-state index is 14.0. The number of imidazole rings is 1. The molecule has 13 nitrogen and oxygen atoms in total. The molecule has 4 atom stereocenters. The molecule has 15 heteroatoms. The number of benzene rings is 1. The summed E-state index contributed by atoms with van der Waals surface area (Å²) < 4.78 is 51.9. The second-order valence-electron chi connectivity index (χ2n) is 9.93. The van der Waals surface area contributed by atoms with Gasteiger partial charge in [-0.3, -0.25) is 13.9 Å². The lowest BCUT2D eigenvalue weighted by atomic mass is 9.99. The molecule has 0 amide bonds. The lowest BCUT2D eigenvalue weighted by molar-refractivity contribution is -0.153. The van der Waals surface area contributed by atoms with Gasteiger partial charge in [0.25, 0.3) is 0 Å². The SMILES string of the molecule is C#C[C@]1(CO[P@](=O)(NC(C)(C)C(=O)OC(C)C)Oc2ccccc2)O[C@@H](n2cnc3c(N)nc(F)nc32)C[C@@H]1O. The Hall–Kier alpha value is -3.60. The van der Waals surface area contributed by atoms with Gasteiger partial charge in [0.2, 0.25) is 0 Å². The van der Waals surface area contributed by atoms with Crippen LogP contribution in [-0.2, 0) is 23.4 Å². The van der Waals surface area contributed by atoms with Crippen molar-refractivity contribution in [2.45, 2.75) is 63.7 Å². The molecule has 214 valence electrons. The monoisotopic (exact) mass is 576 g/mol. The van der Waals surface area contributed by atoms with Gasteiger partial charge in [-0.25, -0.2) is 9.55 Å². The lowest BCUT2D eigenvalue weighted by Gasteiger charge is -2.32. The molecule has 4 rings (SSSR count). The molecule has 0 bridgehead atoms. The largest absolute Gasteiger partial charge is 0.462 e. The number of terminal acetylenes is 1. The van der Waals surface area contributed by atoms with Crippen molar-refractivity contribution in [3.8, 4) is 18.1 Å². The number of hydrogen-bond acceptors (Lipinski definition) is 11. The van der Waals surface area contributed by atoms with Gasteiger partial charge >= 0.3 is 19.8 Å². The average molecular weight is 577 g/mol. The molecule has 0 unspecified atom stereocenters. The highest BCUT2D eigenvalue weighted by Crippen LogP contribution is 2.49. The number of fused-ring (bicyclic) bond motifs is 1. The van der Waals surface area contributed by atoms with Crippen LogP contribution in [0.4, 0.5) is 10.2 Å². The Kier molecular flexibility index (Phi) is 8.16. The molecule has 1 aliphatic rings. The molecule has 40 heavy (non-hydrogen) atoms. The number of carbonyl (C=O) groups is 1. The van der Waals surface area contributed by atoms with Crippen LogP contribution in [0.25, 0.3) is 11.2 Å². The number of rotatable bonds is 10. The third-order valence-corrected chi connectivity index (χ3v) is 7.73. The second kappa shape index (κ2) is 11.1. The molecular formula is C25H30FN6O7P. The molecule has 0 aliphatic carbocycles. The van der Waals surface area contributed by atoms with Crippen molar-refractivity contribution in [2.24, 2.45) is 0 Å². The Bertz CT molecular complexity index is 1480. The Morgan fingerprint density at radius 1 is 1.40 bits per heavy atom. The number of para-hydroxylation sites is 1. The topological polar surface area (TPSA) is 173 Å². The lowest BCUT2D eigenvalue weighted by Crippen LogP contribution is -2.49. The van der Waals surface area contributed by atoms with Crippen molar-refractivity contribution < 1.29 is 37.4 Å². The summed E-state index contributed by atoms with van der Waals surface area (Å²) >= 11 is 0. The van der Waals surface area contributed by atoms with Crippen LogP contribution in [-0.4, -0.2) is 60.5 Å². The van der Waals surface area contributed by atoms with Crippen molar-refractivity contribution in [1.29, 1.82) is 0 Å². The summed E-state index contributed by atoms with van der Waals surface area (Å²) in [6.07, 6.45) is 3.21. The van der Waals surface area contributed by atoms with E-state index in [4.69, 9.17) is 30.7 Å². The zero-order valence-corrected chi connectivity index (χ0v) is 23.2. The van der Waals surface area contributed by atoms with Gasteiger partial charge in [0.05, 0.1) is 12.4 Å². The van der Waals surface area contributed by atoms with Crippen LogP contribution >= 0.6 is 7.75 Å². The Morgan fingerprint density at radius 2 is 2.10 bits per heavy atom. The smallest absolute Gasteiger partial charge is 0.459 e. The van der Waals surface area contributed by atoms with Crippen molar-refractivity contribution >= 4 is 30.7 Å². The molecule has 0 radical (unpaired) electrons. The third kappa shape index (κ3) is 6.09. The van der Waals surface area contributed by atoms with Gasteiger partial charge in [-0.1, -0.05) is 24.1 Å². The number of aliphatic hydroxyl groups is 1. The molecule has 3 heterocycles. The maximum Gasteiger partial charge on any atom is 0.459 e. The predicted molar refractivity (Wildman–Crippen MR) is 141 cm³/mol. The van der Waals surface area contributed by atoms with E-state index in [1.165, 1.54) is 24.7 Å². The van der Waals surface area contributed by atoms with Gasteiger partial charge in [0.1, 0.15) is 30.2 Å². The van der Waals surface area contributed by atoms with Gasteiger partial charge in [-0.05, 0) is 39.8 Å². The quantitative estimate of drug-likeness (QED) is 0.140. The van der Waals surface area contributed by atoms with Crippen molar-refractivity contribution in [3.05, 3.63) is 42.7 Å². The number of nitrogen functional groups attached to an aromatic ring is 1. The maximum absolute atomic E-state index is 14.0. The highest BCUT2D eigenvalue weighted by molar-refractivity contribution is 7.52. The van der Waals surface area contributed by atoms with E-state index in [-0.39, 0.29) is 29.2 Å². The van der Waals surface area contributed by atoms with Crippen LogP contribution in [0.1, 0.15) is 40.3 Å². The zero-order chi connectivity index (χ0) is 29.3. The number of aliphatic hydroxyl groups excluding tert-OH is 1. The number of hydrogen-bond donors (Lipinski definition) is 3. The van der Waals surface area contributed by atoms with Crippen LogP contribution < -0.4 is 15.3 Å². The summed E-state index contributed by atoms with van der Waals surface area (Å²) in [7, 11) is -4.37. The summed E-state index contributed by atoms with van der Waals surface area (Å²) in [5.74, 6) is 1.68. The first-order chi connectivity index (χ1) is 18.8. The summed E-state index contributed by atoms with van der Waals surface area (Å²) in [5, 5.41) is 13.6. The fourth-order valence-corrected chi connectivity index (χ4v) is 5.68. The van der Waals surface area contributed by atoms with Crippen molar-refractivity contribution in [3.63, 3.8) is 0 Å². The minimum atomic E-state index is -4.37. The van der Waals surface area contributed by atoms with Gasteiger partial charge in [-0.2, -0.15) is 19.4 Å². The number of esters is 1. The second-order valence-corrected chi connectivity index (χ2v) is 11.6. The number of ether oxygens (including phenoxy) is 2. The third-order valence-electron chi connectivity index (χ3n) is 5.97. The average Bonchev–Trinajstić information content (AvgIpc) is 3.44. The molecule has 1 aliphatic heterocycles. The van der Waals surface area contributed by atoms with Crippen LogP contribution in [0.2, 0.25) is 0 Å². The van der Waals surface area contributed by atoms with E-state index >= 15 is 0 Å². The number of nitrogens with zero attached hydrogens (tertiary/aromatic N) is 4. The minimum Gasteiger partial charge on any atom is -0.462 e. The molecule has 1 fully saturated rings. The fraction of sp³-hybridized carbons (Fsp3) is 0.440. The highest BCUT2D eigenvalue weighted by Gasteiger charge is 2.51. The van der Waals surface area contributed by atoms with E-state index in [1.54, 1.807) is 44.2 Å². The molecule has 1 aromatic carbocycles. The van der Waals surface area contributed by atoms with Crippen molar-refractivity contribution in [1.82, 2.24) is 24.6 Å². The van der Waals surface area contributed by atoms with Crippen LogP contribution in [0.3, 0.4) is 0 Å². The molecular weight excluding hydrogens is 546 g/mol. The van der Waals surface area contributed by atoms with Crippen molar-refractivity contribution in [2.75, 3.05) is 12.3 Å². The number of nitrogens with two attached hydrogens (primary N) is 1. The summed E-state index contributed by atoms with van der Waals surface area (Å²) in [6, 6.07) is 8.13. The molecule has 3 aromatic rings. The number of aromatic nitrogens is 4. The molecule has 4 N–H and O–H groups in total. The van der Waals surface area contributed by atoms with Gasteiger partial charge in [0.15, 0.2) is 22.6 Å². The van der Waals surface area contributed by atoms with E-state index in [0.717, 1.165) is 0 Å². The minimum absolute atomic E-state index is 0.0288.